The summed E-state index contributed by atoms with van der Waals surface area (Å²) in [7, 11) is 0. The first kappa shape index (κ1) is 26.4. The minimum absolute atomic E-state index is 0.623. The SMILES string of the molecule is c1ccc2c(c1)ccc1c2c2ccccc2n1-c1nc(-n2c3ccccc3c3ccccc32)cc(-n2c3ccccc3c3ccccc32)n1. The molecule has 0 spiro atoms. The zero-order valence-corrected chi connectivity index (χ0v) is 26.3. The van der Waals surface area contributed by atoms with Gasteiger partial charge in [-0.05, 0) is 47.2 Å². The van der Waals surface area contributed by atoms with Crippen LogP contribution in [0.2, 0.25) is 0 Å². The van der Waals surface area contributed by atoms with Crippen LogP contribution in [-0.2, 0) is 0 Å². The van der Waals surface area contributed by atoms with Crippen molar-refractivity contribution in [1.82, 2.24) is 23.7 Å². The number of rotatable bonds is 3. The normalized spacial score (nSPS) is 12.1. The Labute approximate surface area is 280 Å². The van der Waals surface area contributed by atoms with Gasteiger partial charge in [-0.3, -0.25) is 13.7 Å². The number of aromatic nitrogens is 5. The summed E-state index contributed by atoms with van der Waals surface area (Å²) in [4.78, 5) is 10.9. The van der Waals surface area contributed by atoms with Gasteiger partial charge in [-0.2, -0.15) is 9.97 Å². The molecule has 0 atom stereocenters. The molecule has 228 valence electrons. The van der Waals surface area contributed by atoms with E-state index in [2.05, 4.69) is 177 Å². The summed E-state index contributed by atoms with van der Waals surface area (Å²) in [6.07, 6.45) is 0. The first-order chi connectivity index (χ1) is 24.3. The quantitative estimate of drug-likeness (QED) is 0.196. The van der Waals surface area contributed by atoms with E-state index in [0.717, 1.165) is 44.7 Å². The van der Waals surface area contributed by atoms with Crippen LogP contribution >= 0.6 is 0 Å². The van der Waals surface area contributed by atoms with Crippen LogP contribution in [0.4, 0.5) is 0 Å². The zero-order valence-electron chi connectivity index (χ0n) is 26.3. The average Bonchev–Trinajstić information content (AvgIpc) is 3.81. The Morgan fingerprint density at radius 3 is 1.18 bits per heavy atom. The first-order valence-electron chi connectivity index (χ1n) is 16.6. The van der Waals surface area contributed by atoms with Crippen molar-refractivity contribution in [2.45, 2.75) is 0 Å². The molecule has 0 bridgehead atoms. The lowest BCUT2D eigenvalue weighted by atomic mass is 10.0. The minimum Gasteiger partial charge on any atom is -0.294 e. The highest BCUT2D eigenvalue weighted by atomic mass is 15.2. The van der Waals surface area contributed by atoms with Crippen molar-refractivity contribution in [2.75, 3.05) is 0 Å². The molecule has 4 heterocycles. The van der Waals surface area contributed by atoms with E-state index in [4.69, 9.17) is 9.97 Å². The van der Waals surface area contributed by atoms with Crippen molar-refractivity contribution in [3.05, 3.63) is 164 Å². The molecular formula is C44H27N5. The van der Waals surface area contributed by atoms with E-state index in [9.17, 15) is 0 Å². The molecule has 49 heavy (non-hydrogen) atoms. The van der Waals surface area contributed by atoms with Gasteiger partial charge in [0.05, 0.1) is 33.1 Å². The summed E-state index contributed by atoms with van der Waals surface area (Å²) in [5, 5.41) is 9.59. The molecule has 0 saturated heterocycles. The van der Waals surface area contributed by atoms with E-state index in [1.807, 2.05) is 0 Å². The minimum atomic E-state index is 0.623. The Morgan fingerprint density at radius 2 is 0.694 bits per heavy atom. The summed E-state index contributed by atoms with van der Waals surface area (Å²) in [6, 6.07) is 58.2. The van der Waals surface area contributed by atoms with E-state index in [1.165, 1.54) is 43.1 Å². The van der Waals surface area contributed by atoms with Crippen molar-refractivity contribution in [1.29, 1.82) is 0 Å². The maximum Gasteiger partial charge on any atom is 0.238 e. The van der Waals surface area contributed by atoms with Gasteiger partial charge in [-0.1, -0.05) is 121 Å². The molecule has 4 aromatic heterocycles. The maximum atomic E-state index is 5.47. The second-order valence-corrected chi connectivity index (χ2v) is 12.7. The van der Waals surface area contributed by atoms with Crippen LogP contribution in [0.3, 0.4) is 0 Å². The third kappa shape index (κ3) is 3.64. The molecule has 0 saturated carbocycles. The molecule has 11 aromatic rings. The lowest BCUT2D eigenvalue weighted by Gasteiger charge is -2.15. The van der Waals surface area contributed by atoms with E-state index in [1.54, 1.807) is 0 Å². The Bertz CT molecular complexity index is 2880. The predicted octanol–water partition coefficient (Wildman–Crippen LogP) is 10.9. The maximum absolute atomic E-state index is 5.47. The number of para-hydroxylation sites is 5. The summed E-state index contributed by atoms with van der Waals surface area (Å²) in [5.74, 6) is 2.25. The fraction of sp³-hybridized carbons (Fsp3) is 0. The Morgan fingerprint density at radius 1 is 0.306 bits per heavy atom. The van der Waals surface area contributed by atoms with Gasteiger partial charge in [0.25, 0.3) is 0 Å². The Balaban J connectivity index is 1.32. The molecule has 11 rings (SSSR count). The van der Waals surface area contributed by atoms with Gasteiger partial charge in [0.2, 0.25) is 5.95 Å². The fourth-order valence-electron chi connectivity index (χ4n) is 8.03. The van der Waals surface area contributed by atoms with Gasteiger partial charge in [0.15, 0.2) is 0 Å². The smallest absolute Gasteiger partial charge is 0.238 e. The van der Waals surface area contributed by atoms with E-state index in [0.29, 0.717) is 5.95 Å². The third-order valence-electron chi connectivity index (χ3n) is 10.1. The van der Waals surface area contributed by atoms with Crippen LogP contribution in [0, 0.1) is 0 Å². The third-order valence-corrected chi connectivity index (χ3v) is 10.1. The van der Waals surface area contributed by atoms with Gasteiger partial charge in [-0.25, -0.2) is 0 Å². The van der Waals surface area contributed by atoms with E-state index >= 15 is 0 Å². The van der Waals surface area contributed by atoms with Gasteiger partial charge < -0.3 is 0 Å². The molecule has 0 aliphatic rings. The lowest BCUT2D eigenvalue weighted by molar-refractivity contribution is 0.918. The number of benzene rings is 7. The predicted molar refractivity (Wildman–Crippen MR) is 203 cm³/mol. The Kier molecular flexibility index (Phi) is 5.32. The standard InChI is InChI=1S/C44H27N5/c1-2-14-29-28(13-1)25-26-40-43(29)34-19-7-12-24-39(34)49(40)44-45-41(47-35-20-8-3-15-30(35)31-16-4-9-21-36(31)47)27-42(46-44)48-37-22-10-5-17-32(37)33-18-6-11-23-38(33)48/h1-27H. The highest BCUT2D eigenvalue weighted by Gasteiger charge is 2.21. The van der Waals surface area contributed by atoms with Gasteiger partial charge in [0, 0.05) is 38.4 Å². The van der Waals surface area contributed by atoms with Crippen molar-refractivity contribution in [2.24, 2.45) is 0 Å². The zero-order chi connectivity index (χ0) is 32.1. The molecule has 0 radical (unpaired) electrons. The molecule has 0 unspecified atom stereocenters. The summed E-state index contributed by atoms with van der Waals surface area (Å²) in [5.41, 5.74) is 6.57. The Hall–Kier alpha value is -6.72. The largest absolute Gasteiger partial charge is 0.294 e. The molecular weight excluding hydrogens is 599 g/mol. The summed E-state index contributed by atoms with van der Waals surface area (Å²) in [6.45, 7) is 0. The van der Waals surface area contributed by atoms with Crippen molar-refractivity contribution in [3.63, 3.8) is 0 Å². The molecule has 5 nitrogen and oxygen atoms in total. The molecule has 0 N–H and O–H groups in total. The highest BCUT2D eigenvalue weighted by molar-refractivity contribution is 6.21. The number of fused-ring (bicyclic) bond motifs is 11. The van der Waals surface area contributed by atoms with Gasteiger partial charge in [0.1, 0.15) is 11.6 Å². The van der Waals surface area contributed by atoms with Crippen molar-refractivity contribution >= 4 is 76.2 Å². The van der Waals surface area contributed by atoms with Crippen LogP contribution < -0.4 is 0 Å². The van der Waals surface area contributed by atoms with Crippen LogP contribution in [0.25, 0.3) is 93.8 Å². The number of nitrogens with zero attached hydrogens (tertiary/aromatic N) is 5. The molecule has 0 fully saturated rings. The summed E-state index contributed by atoms with van der Waals surface area (Å²) < 4.78 is 6.82. The summed E-state index contributed by atoms with van der Waals surface area (Å²) >= 11 is 0. The van der Waals surface area contributed by atoms with Crippen LogP contribution in [0.15, 0.2) is 164 Å². The van der Waals surface area contributed by atoms with E-state index in [-0.39, 0.29) is 0 Å². The number of hydrogen-bond donors (Lipinski definition) is 0. The average molecular weight is 626 g/mol. The molecule has 7 aromatic carbocycles. The van der Waals surface area contributed by atoms with Gasteiger partial charge >= 0.3 is 0 Å². The van der Waals surface area contributed by atoms with Crippen LogP contribution in [0.1, 0.15) is 0 Å². The van der Waals surface area contributed by atoms with Gasteiger partial charge in [-0.15, -0.1) is 0 Å². The van der Waals surface area contributed by atoms with Crippen LogP contribution in [0.5, 0.6) is 0 Å². The molecule has 0 aliphatic carbocycles. The first-order valence-corrected chi connectivity index (χ1v) is 16.6. The fourth-order valence-corrected chi connectivity index (χ4v) is 8.03. The lowest BCUT2D eigenvalue weighted by Crippen LogP contribution is -2.10. The molecule has 5 heteroatoms. The second-order valence-electron chi connectivity index (χ2n) is 12.7. The topological polar surface area (TPSA) is 40.6 Å². The highest BCUT2D eigenvalue weighted by Crippen LogP contribution is 2.38. The number of hydrogen-bond acceptors (Lipinski definition) is 2. The van der Waals surface area contributed by atoms with Crippen molar-refractivity contribution < 1.29 is 0 Å². The molecule has 0 aliphatic heterocycles. The van der Waals surface area contributed by atoms with E-state index < -0.39 is 0 Å². The van der Waals surface area contributed by atoms with Crippen molar-refractivity contribution in [3.8, 4) is 17.6 Å². The second kappa shape index (κ2) is 9.89. The molecule has 0 amide bonds. The monoisotopic (exact) mass is 625 g/mol. The van der Waals surface area contributed by atoms with Crippen LogP contribution in [-0.4, -0.2) is 23.7 Å².